The van der Waals surface area contributed by atoms with Crippen LogP contribution in [0.5, 0.6) is 11.5 Å². The zero-order valence-electron chi connectivity index (χ0n) is 16.3. The molecule has 3 aromatic rings. The largest absolute Gasteiger partial charge is 0.497 e. The van der Waals surface area contributed by atoms with E-state index >= 15 is 0 Å². The number of benzene rings is 1. The first-order valence-electron chi connectivity index (χ1n) is 8.93. The number of methoxy groups -OCH3 is 2. The zero-order chi connectivity index (χ0) is 20.6. The summed E-state index contributed by atoms with van der Waals surface area (Å²) in [5.74, 6) is 1.39. The van der Waals surface area contributed by atoms with Gasteiger partial charge in [0.1, 0.15) is 22.7 Å². The molecule has 0 saturated carbocycles. The van der Waals surface area contributed by atoms with Gasteiger partial charge in [-0.15, -0.1) is 5.10 Å². The molecule has 0 bridgehead atoms. The van der Waals surface area contributed by atoms with E-state index in [4.69, 9.17) is 9.47 Å². The molecular weight excluding hydrogens is 398 g/mol. The highest BCUT2D eigenvalue weighted by Crippen LogP contribution is 2.31. The normalized spacial score (nSPS) is 15.6. The average Bonchev–Trinajstić information content (AvgIpc) is 3.14. The summed E-state index contributed by atoms with van der Waals surface area (Å²) in [6.45, 7) is 1.53. The van der Waals surface area contributed by atoms with E-state index in [2.05, 4.69) is 20.3 Å². The molecule has 29 heavy (non-hydrogen) atoms. The minimum atomic E-state index is -3.74. The maximum atomic E-state index is 13.2. The molecule has 0 spiro atoms. The molecule has 1 aromatic carbocycles. The third-order valence-electron chi connectivity index (χ3n) is 4.90. The lowest BCUT2D eigenvalue weighted by Crippen LogP contribution is -2.49. The highest BCUT2D eigenvalue weighted by atomic mass is 32.2. The van der Waals surface area contributed by atoms with Crippen LogP contribution >= 0.6 is 0 Å². The lowest BCUT2D eigenvalue weighted by molar-refractivity contribution is 0.370. The monoisotopic (exact) mass is 419 g/mol. The Morgan fingerprint density at radius 2 is 1.79 bits per heavy atom. The second kappa shape index (κ2) is 7.44. The molecular formula is C17H21N7O4S. The van der Waals surface area contributed by atoms with Crippen LogP contribution in [0.2, 0.25) is 0 Å². The molecule has 1 aliphatic heterocycles. The Bertz CT molecular complexity index is 1140. The molecule has 1 saturated heterocycles. The van der Waals surface area contributed by atoms with Gasteiger partial charge in [-0.05, 0) is 12.1 Å². The molecule has 11 nitrogen and oxygen atoms in total. The van der Waals surface area contributed by atoms with Crippen molar-refractivity contribution in [2.24, 2.45) is 7.05 Å². The molecule has 0 aliphatic carbocycles. The van der Waals surface area contributed by atoms with Crippen molar-refractivity contribution in [3.8, 4) is 11.5 Å². The third-order valence-corrected chi connectivity index (χ3v) is 6.82. The van der Waals surface area contributed by atoms with E-state index in [1.807, 2.05) is 4.90 Å². The van der Waals surface area contributed by atoms with Crippen molar-refractivity contribution in [2.45, 2.75) is 4.90 Å². The number of hydrogen-bond donors (Lipinski definition) is 0. The number of fused-ring (bicyclic) bond motifs is 1. The van der Waals surface area contributed by atoms with Gasteiger partial charge >= 0.3 is 0 Å². The Kier molecular flexibility index (Phi) is 4.96. The summed E-state index contributed by atoms with van der Waals surface area (Å²) in [6, 6.07) is 4.73. The van der Waals surface area contributed by atoms with Crippen LogP contribution in [0.15, 0.2) is 29.4 Å². The van der Waals surface area contributed by atoms with Crippen LogP contribution in [-0.2, 0) is 17.1 Å². The molecule has 0 atom stereocenters. The van der Waals surface area contributed by atoms with Crippen molar-refractivity contribution in [1.82, 2.24) is 29.3 Å². The van der Waals surface area contributed by atoms with Gasteiger partial charge in [-0.2, -0.15) is 4.31 Å². The Hall–Kier alpha value is -2.99. The Labute approximate surface area is 167 Å². The van der Waals surface area contributed by atoms with Crippen molar-refractivity contribution in [3.05, 3.63) is 24.5 Å². The van der Waals surface area contributed by atoms with Crippen LogP contribution in [0.3, 0.4) is 0 Å². The predicted octanol–water partition coefficient (Wildman–Crippen LogP) is 0.286. The van der Waals surface area contributed by atoms with E-state index in [0.717, 1.165) is 0 Å². The SMILES string of the molecule is COc1ccc(OC)c(S(=O)(=O)N2CCN(c3ncnc4c3nnn4C)CC2)c1. The number of aryl methyl sites for hydroxylation is 1. The number of rotatable bonds is 5. The van der Waals surface area contributed by atoms with Crippen molar-refractivity contribution >= 4 is 27.0 Å². The van der Waals surface area contributed by atoms with E-state index in [9.17, 15) is 8.42 Å². The molecule has 3 heterocycles. The minimum absolute atomic E-state index is 0.0890. The van der Waals surface area contributed by atoms with E-state index in [1.165, 1.54) is 30.9 Å². The predicted molar refractivity (Wildman–Crippen MR) is 105 cm³/mol. The maximum absolute atomic E-state index is 13.2. The minimum Gasteiger partial charge on any atom is -0.497 e. The van der Waals surface area contributed by atoms with Gasteiger partial charge in [0.15, 0.2) is 17.0 Å². The van der Waals surface area contributed by atoms with Crippen LogP contribution in [0, 0.1) is 0 Å². The first-order chi connectivity index (χ1) is 14.0. The van der Waals surface area contributed by atoms with Crippen LogP contribution < -0.4 is 14.4 Å². The lowest BCUT2D eigenvalue weighted by atomic mass is 10.3. The fraction of sp³-hybridized carbons (Fsp3) is 0.412. The second-order valence-corrected chi connectivity index (χ2v) is 8.40. The van der Waals surface area contributed by atoms with Gasteiger partial charge < -0.3 is 14.4 Å². The molecule has 4 rings (SSSR count). The molecule has 2 aromatic heterocycles. The molecule has 1 fully saturated rings. The molecule has 0 unspecified atom stereocenters. The van der Waals surface area contributed by atoms with Gasteiger partial charge in [-0.1, -0.05) is 5.21 Å². The van der Waals surface area contributed by atoms with Crippen molar-refractivity contribution in [1.29, 1.82) is 0 Å². The summed E-state index contributed by atoms with van der Waals surface area (Å²) in [4.78, 5) is 10.6. The van der Waals surface area contributed by atoms with E-state index in [-0.39, 0.29) is 10.6 Å². The number of nitrogens with zero attached hydrogens (tertiary/aromatic N) is 7. The Morgan fingerprint density at radius 1 is 1.03 bits per heavy atom. The van der Waals surface area contributed by atoms with E-state index < -0.39 is 10.0 Å². The first kappa shape index (κ1) is 19.3. The lowest BCUT2D eigenvalue weighted by Gasteiger charge is -2.34. The molecule has 0 N–H and O–H groups in total. The molecule has 12 heteroatoms. The summed E-state index contributed by atoms with van der Waals surface area (Å²) >= 11 is 0. The summed E-state index contributed by atoms with van der Waals surface area (Å²) in [7, 11) is 0.954. The van der Waals surface area contributed by atoms with Crippen LogP contribution in [0.25, 0.3) is 11.2 Å². The van der Waals surface area contributed by atoms with E-state index in [1.54, 1.807) is 23.9 Å². The van der Waals surface area contributed by atoms with E-state index in [0.29, 0.717) is 48.9 Å². The fourth-order valence-electron chi connectivity index (χ4n) is 3.34. The third kappa shape index (κ3) is 3.34. The number of ether oxygens (including phenoxy) is 2. The average molecular weight is 419 g/mol. The number of hydrogen-bond acceptors (Lipinski definition) is 9. The maximum Gasteiger partial charge on any atom is 0.247 e. The number of piperazine rings is 1. The van der Waals surface area contributed by atoms with Gasteiger partial charge in [0.25, 0.3) is 0 Å². The summed E-state index contributed by atoms with van der Waals surface area (Å²) in [6.07, 6.45) is 1.46. The quantitative estimate of drug-likeness (QED) is 0.575. The summed E-state index contributed by atoms with van der Waals surface area (Å²) in [5, 5.41) is 8.12. The Morgan fingerprint density at radius 3 is 2.48 bits per heavy atom. The highest BCUT2D eigenvalue weighted by Gasteiger charge is 2.32. The number of anilines is 1. The van der Waals surface area contributed by atoms with Crippen molar-refractivity contribution < 1.29 is 17.9 Å². The number of sulfonamides is 1. The summed E-state index contributed by atoms with van der Waals surface area (Å²) < 4.78 is 39.9. The van der Waals surface area contributed by atoms with Crippen LogP contribution in [-0.4, -0.2) is 78.1 Å². The first-order valence-corrected chi connectivity index (χ1v) is 10.4. The molecule has 0 amide bonds. The standard InChI is InChI=1S/C17H21N7O4S/c1-22-16-15(20-21-22)17(19-11-18-16)23-6-8-24(9-7-23)29(25,26)14-10-12(27-2)4-5-13(14)28-3/h4-5,10-11H,6-9H2,1-3H3. The smallest absolute Gasteiger partial charge is 0.247 e. The van der Waals surface area contributed by atoms with Gasteiger partial charge in [-0.25, -0.2) is 23.1 Å². The molecule has 0 radical (unpaired) electrons. The van der Waals surface area contributed by atoms with Crippen LogP contribution in [0.4, 0.5) is 5.82 Å². The van der Waals surface area contributed by atoms with Gasteiger partial charge in [0.05, 0.1) is 14.2 Å². The fourth-order valence-corrected chi connectivity index (χ4v) is 4.93. The zero-order valence-corrected chi connectivity index (χ0v) is 17.1. The van der Waals surface area contributed by atoms with Crippen molar-refractivity contribution in [3.63, 3.8) is 0 Å². The molecule has 1 aliphatic rings. The van der Waals surface area contributed by atoms with Gasteiger partial charge in [-0.3, -0.25) is 0 Å². The second-order valence-electron chi connectivity index (χ2n) is 6.49. The topological polar surface area (TPSA) is 116 Å². The number of aromatic nitrogens is 5. The molecule has 154 valence electrons. The van der Waals surface area contributed by atoms with Gasteiger partial charge in [0.2, 0.25) is 10.0 Å². The Balaban J connectivity index is 1.58. The van der Waals surface area contributed by atoms with Crippen molar-refractivity contribution in [2.75, 3.05) is 45.3 Å². The van der Waals surface area contributed by atoms with Gasteiger partial charge in [0, 0.05) is 39.3 Å². The summed E-state index contributed by atoms with van der Waals surface area (Å²) in [5.41, 5.74) is 1.23. The van der Waals surface area contributed by atoms with Crippen LogP contribution in [0.1, 0.15) is 0 Å². The highest BCUT2D eigenvalue weighted by molar-refractivity contribution is 7.89.